The molecule has 2 aromatic rings. The van der Waals surface area contributed by atoms with Crippen LogP contribution in [0.2, 0.25) is 0 Å². The van der Waals surface area contributed by atoms with Crippen LogP contribution in [0.5, 0.6) is 0 Å². The van der Waals surface area contributed by atoms with Gasteiger partial charge in [-0.25, -0.2) is 9.97 Å². The van der Waals surface area contributed by atoms with Crippen molar-refractivity contribution in [2.24, 2.45) is 11.7 Å². The van der Waals surface area contributed by atoms with E-state index in [9.17, 15) is 4.79 Å². The van der Waals surface area contributed by atoms with E-state index < -0.39 is 0 Å². The molecule has 0 atom stereocenters. The number of hydrogen-bond donors (Lipinski definition) is 2. The second kappa shape index (κ2) is 7.72. The monoisotopic (exact) mass is 387 g/mol. The third-order valence-corrected chi connectivity index (χ3v) is 7.34. The molecule has 1 saturated heterocycles. The van der Waals surface area contributed by atoms with Gasteiger partial charge in [-0.1, -0.05) is 0 Å². The van der Waals surface area contributed by atoms with Crippen LogP contribution < -0.4 is 16.0 Å². The van der Waals surface area contributed by atoms with Gasteiger partial charge in [0.25, 0.3) is 0 Å². The van der Waals surface area contributed by atoms with Crippen LogP contribution in [0.15, 0.2) is 6.33 Å². The van der Waals surface area contributed by atoms with Crippen molar-refractivity contribution in [3.63, 3.8) is 0 Å². The summed E-state index contributed by atoms with van der Waals surface area (Å²) in [5.74, 6) is 1.37. The summed E-state index contributed by atoms with van der Waals surface area (Å²) in [6.07, 6.45) is 7.50. The minimum Gasteiger partial charge on any atom is -0.356 e. The maximum Gasteiger partial charge on any atom is 0.223 e. The molecule has 4 rings (SSSR count). The average molecular weight is 388 g/mol. The average Bonchev–Trinajstić information content (AvgIpc) is 2.98. The van der Waals surface area contributed by atoms with Gasteiger partial charge in [0.15, 0.2) is 0 Å². The lowest BCUT2D eigenvalue weighted by Crippen LogP contribution is -2.46. The number of fused-ring (bicyclic) bond motifs is 1. The van der Waals surface area contributed by atoms with E-state index in [1.807, 2.05) is 0 Å². The molecule has 2 aliphatic rings. The Hall–Kier alpha value is -1.73. The molecule has 27 heavy (non-hydrogen) atoms. The molecular weight excluding hydrogens is 358 g/mol. The number of aromatic nitrogens is 2. The third-order valence-electron chi connectivity index (χ3n) is 6.23. The number of nitrogens with one attached hydrogen (secondary N) is 1. The Morgan fingerprint density at radius 1 is 1.15 bits per heavy atom. The summed E-state index contributed by atoms with van der Waals surface area (Å²) in [7, 11) is 0. The zero-order valence-corrected chi connectivity index (χ0v) is 17.0. The first-order valence-corrected chi connectivity index (χ1v) is 10.9. The van der Waals surface area contributed by atoms with Crippen molar-refractivity contribution in [2.75, 3.05) is 18.0 Å². The van der Waals surface area contributed by atoms with Gasteiger partial charge in [-0.3, -0.25) is 4.79 Å². The lowest BCUT2D eigenvalue weighted by atomic mass is 9.90. The molecule has 3 N–H and O–H groups in total. The van der Waals surface area contributed by atoms with Crippen molar-refractivity contribution in [2.45, 2.75) is 64.5 Å². The van der Waals surface area contributed by atoms with E-state index >= 15 is 0 Å². The Morgan fingerprint density at radius 2 is 1.85 bits per heavy atom. The molecule has 1 saturated carbocycles. The van der Waals surface area contributed by atoms with Crippen LogP contribution in [0.1, 0.15) is 49.0 Å². The summed E-state index contributed by atoms with van der Waals surface area (Å²) in [5.41, 5.74) is 7.24. The Bertz CT molecular complexity index is 819. The normalized spacial score (nSPS) is 24.3. The number of aryl methyl sites for hydroxylation is 2. The molecule has 7 heteroatoms. The maximum atomic E-state index is 12.7. The number of carbonyl (C=O) groups is 1. The van der Waals surface area contributed by atoms with E-state index in [4.69, 9.17) is 5.73 Å². The molecule has 2 fully saturated rings. The fourth-order valence-corrected chi connectivity index (χ4v) is 5.33. The van der Waals surface area contributed by atoms with Crippen molar-refractivity contribution < 1.29 is 4.79 Å². The Kier molecular flexibility index (Phi) is 5.32. The smallest absolute Gasteiger partial charge is 0.223 e. The number of anilines is 1. The molecule has 3 heterocycles. The minimum absolute atomic E-state index is 0.111. The van der Waals surface area contributed by atoms with Gasteiger partial charge in [-0.05, 0) is 57.9 Å². The van der Waals surface area contributed by atoms with Crippen molar-refractivity contribution >= 4 is 33.3 Å². The fourth-order valence-electron chi connectivity index (χ4n) is 4.34. The zero-order chi connectivity index (χ0) is 19.0. The van der Waals surface area contributed by atoms with Gasteiger partial charge >= 0.3 is 0 Å². The molecule has 1 amide bonds. The van der Waals surface area contributed by atoms with Crippen LogP contribution in [0.25, 0.3) is 10.2 Å². The number of nitrogens with two attached hydrogens (primary N) is 1. The summed E-state index contributed by atoms with van der Waals surface area (Å²) in [6, 6.07) is 0.628. The number of carbonyl (C=O) groups excluding carboxylic acids is 1. The number of nitrogens with zero attached hydrogens (tertiary/aromatic N) is 3. The van der Waals surface area contributed by atoms with Crippen molar-refractivity contribution in [1.82, 2.24) is 15.3 Å². The maximum absolute atomic E-state index is 12.7. The van der Waals surface area contributed by atoms with Gasteiger partial charge in [-0.2, -0.15) is 0 Å². The van der Waals surface area contributed by atoms with Crippen LogP contribution in [-0.2, 0) is 4.79 Å². The van der Waals surface area contributed by atoms with Gasteiger partial charge < -0.3 is 16.0 Å². The molecule has 1 aliphatic heterocycles. The van der Waals surface area contributed by atoms with Gasteiger partial charge in [0.1, 0.15) is 17.0 Å². The van der Waals surface area contributed by atoms with Crippen molar-refractivity contribution in [3.8, 4) is 0 Å². The van der Waals surface area contributed by atoms with Crippen LogP contribution in [0.3, 0.4) is 0 Å². The molecule has 0 spiro atoms. The predicted octanol–water partition coefficient (Wildman–Crippen LogP) is 2.91. The van der Waals surface area contributed by atoms with Crippen molar-refractivity contribution in [3.05, 3.63) is 16.8 Å². The van der Waals surface area contributed by atoms with E-state index in [2.05, 4.69) is 34.0 Å². The van der Waals surface area contributed by atoms with E-state index in [1.165, 1.54) is 15.8 Å². The molecule has 146 valence electrons. The second-order valence-corrected chi connectivity index (χ2v) is 9.25. The molecule has 0 bridgehead atoms. The SMILES string of the molecule is Cc1sc2ncnc(N3CCC(C(=O)NC4CCC(N)CC4)CC3)c2c1C. The molecule has 0 aromatic carbocycles. The summed E-state index contributed by atoms with van der Waals surface area (Å²) < 4.78 is 0. The lowest BCUT2D eigenvalue weighted by Gasteiger charge is -2.34. The highest BCUT2D eigenvalue weighted by Crippen LogP contribution is 2.35. The summed E-state index contributed by atoms with van der Waals surface area (Å²) in [6.45, 7) is 6.03. The third kappa shape index (κ3) is 3.80. The van der Waals surface area contributed by atoms with Gasteiger partial charge in [0, 0.05) is 36.0 Å². The van der Waals surface area contributed by atoms with E-state index in [1.54, 1.807) is 17.7 Å². The molecule has 0 radical (unpaired) electrons. The van der Waals surface area contributed by atoms with Crippen LogP contribution in [-0.4, -0.2) is 41.0 Å². The number of thiophene rings is 1. The van der Waals surface area contributed by atoms with Gasteiger partial charge in [0.05, 0.1) is 5.39 Å². The summed E-state index contributed by atoms with van der Waals surface area (Å²) in [5, 5.41) is 4.45. The number of piperidine rings is 1. The fraction of sp³-hybridized carbons (Fsp3) is 0.650. The number of hydrogen-bond acceptors (Lipinski definition) is 6. The standard InChI is InChI=1S/C20H29N5OS/c1-12-13(2)27-20-17(12)18(22-11-23-20)25-9-7-14(8-10-25)19(26)24-16-5-3-15(21)4-6-16/h11,14-16H,3-10,21H2,1-2H3,(H,24,26). The second-order valence-electron chi connectivity index (χ2n) is 8.04. The summed E-state index contributed by atoms with van der Waals surface area (Å²) in [4.78, 5) is 26.4. The molecule has 6 nitrogen and oxygen atoms in total. The molecule has 2 aromatic heterocycles. The molecule has 1 aliphatic carbocycles. The highest BCUT2D eigenvalue weighted by Gasteiger charge is 2.29. The Balaban J connectivity index is 1.39. The zero-order valence-electron chi connectivity index (χ0n) is 16.2. The van der Waals surface area contributed by atoms with Crippen LogP contribution in [0.4, 0.5) is 5.82 Å². The predicted molar refractivity (Wildman–Crippen MR) is 110 cm³/mol. The van der Waals surface area contributed by atoms with E-state index in [-0.39, 0.29) is 11.8 Å². The van der Waals surface area contributed by atoms with Gasteiger partial charge in [-0.15, -0.1) is 11.3 Å². The Labute approximate surface area is 164 Å². The largest absolute Gasteiger partial charge is 0.356 e. The first kappa shape index (κ1) is 18.6. The van der Waals surface area contributed by atoms with Crippen LogP contribution in [0, 0.1) is 19.8 Å². The first-order chi connectivity index (χ1) is 13.0. The minimum atomic E-state index is 0.111. The number of rotatable bonds is 3. The Morgan fingerprint density at radius 3 is 2.56 bits per heavy atom. The van der Waals surface area contributed by atoms with E-state index in [0.717, 1.165) is 62.3 Å². The topological polar surface area (TPSA) is 84.1 Å². The highest BCUT2D eigenvalue weighted by atomic mass is 32.1. The van der Waals surface area contributed by atoms with E-state index in [0.29, 0.717) is 12.1 Å². The van der Waals surface area contributed by atoms with Crippen molar-refractivity contribution in [1.29, 1.82) is 0 Å². The molecular formula is C20H29N5OS. The van der Waals surface area contributed by atoms with Crippen LogP contribution >= 0.6 is 11.3 Å². The van der Waals surface area contributed by atoms with Gasteiger partial charge in [0.2, 0.25) is 5.91 Å². The lowest BCUT2D eigenvalue weighted by molar-refractivity contribution is -0.126. The molecule has 0 unspecified atom stereocenters. The summed E-state index contributed by atoms with van der Waals surface area (Å²) >= 11 is 1.73. The first-order valence-electron chi connectivity index (χ1n) is 10.0. The quantitative estimate of drug-likeness (QED) is 0.846. The highest BCUT2D eigenvalue weighted by molar-refractivity contribution is 7.18. The number of amides is 1.